The first-order chi connectivity index (χ1) is 11.7. The van der Waals surface area contributed by atoms with E-state index in [9.17, 15) is 0 Å². The van der Waals surface area contributed by atoms with E-state index in [2.05, 4.69) is 31.8 Å². The molecule has 0 aliphatic carbocycles. The second-order valence-electron chi connectivity index (χ2n) is 5.97. The molecule has 0 bridgehead atoms. The van der Waals surface area contributed by atoms with Gasteiger partial charge in [-0.2, -0.15) is 9.97 Å². The lowest BCUT2D eigenvalue weighted by Gasteiger charge is -2.12. The van der Waals surface area contributed by atoms with Gasteiger partial charge in [0, 0.05) is 12.2 Å². The predicted octanol–water partition coefficient (Wildman–Crippen LogP) is 4.16. The van der Waals surface area contributed by atoms with E-state index < -0.39 is 0 Å². The number of benzene rings is 1. The maximum absolute atomic E-state index is 5.86. The number of rotatable bonds is 7. The lowest BCUT2D eigenvalue weighted by atomic mass is 10.3. The number of para-hydroxylation sites is 1. The fourth-order valence-electron chi connectivity index (χ4n) is 2.42. The number of fused-ring (bicyclic) bond motifs is 1. The summed E-state index contributed by atoms with van der Waals surface area (Å²) < 4.78 is 7.92. The Morgan fingerprint density at radius 1 is 1.17 bits per heavy atom. The second kappa shape index (κ2) is 7.29. The average Bonchev–Trinajstić information content (AvgIpc) is 2.96. The normalized spacial score (nSPS) is 11.2. The van der Waals surface area contributed by atoms with Crippen molar-refractivity contribution in [2.24, 2.45) is 0 Å². The highest BCUT2D eigenvalue weighted by atomic mass is 16.5. The molecule has 0 spiro atoms. The van der Waals surface area contributed by atoms with E-state index >= 15 is 0 Å². The summed E-state index contributed by atoms with van der Waals surface area (Å²) in [6.07, 6.45) is 4.04. The van der Waals surface area contributed by atoms with Gasteiger partial charge in [0.2, 0.25) is 11.8 Å². The standard InChI is InChI=1S/C18H23N5O/c1-4-5-11-23-12-19-15-16(23)21-18(22-17(15)24-13(2)3)20-14-9-7-6-8-10-14/h6-10,12-13H,4-5,11H2,1-3H3,(H,20,21,22). The zero-order valence-corrected chi connectivity index (χ0v) is 14.4. The minimum absolute atomic E-state index is 0.0217. The van der Waals surface area contributed by atoms with Crippen molar-refractivity contribution in [3.8, 4) is 5.88 Å². The van der Waals surface area contributed by atoms with Crippen LogP contribution in [0.15, 0.2) is 36.7 Å². The van der Waals surface area contributed by atoms with Crippen molar-refractivity contribution >= 4 is 22.8 Å². The first kappa shape index (κ1) is 16.2. The number of nitrogens with one attached hydrogen (secondary N) is 1. The van der Waals surface area contributed by atoms with Crippen LogP contribution in [0.3, 0.4) is 0 Å². The molecule has 0 amide bonds. The Bertz CT molecular complexity index is 798. The van der Waals surface area contributed by atoms with Crippen LogP contribution in [0.4, 0.5) is 11.6 Å². The molecule has 6 heteroatoms. The molecule has 0 radical (unpaired) electrons. The summed E-state index contributed by atoms with van der Waals surface area (Å²) >= 11 is 0. The van der Waals surface area contributed by atoms with E-state index in [1.165, 1.54) is 0 Å². The maximum atomic E-state index is 5.86. The van der Waals surface area contributed by atoms with Gasteiger partial charge >= 0.3 is 0 Å². The molecule has 126 valence electrons. The van der Waals surface area contributed by atoms with Crippen molar-refractivity contribution in [1.29, 1.82) is 0 Å². The van der Waals surface area contributed by atoms with Crippen molar-refractivity contribution in [1.82, 2.24) is 19.5 Å². The van der Waals surface area contributed by atoms with E-state index in [1.54, 1.807) is 0 Å². The molecule has 0 fully saturated rings. The Kier molecular flexibility index (Phi) is 4.93. The highest BCUT2D eigenvalue weighted by Gasteiger charge is 2.15. The lowest BCUT2D eigenvalue weighted by molar-refractivity contribution is 0.235. The molecule has 6 nitrogen and oxygen atoms in total. The van der Waals surface area contributed by atoms with E-state index in [-0.39, 0.29) is 6.10 Å². The fraction of sp³-hybridized carbons (Fsp3) is 0.389. The third-order valence-corrected chi connectivity index (χ3v) is 3.56. The van der Waals surface area contributed by atoms with Crippen molar-refractivity contribution < 1.29 is 4.74 Å². The van der Waals surface area contributed by atoms with Gasteiger partial charge in [-0.05, 0) is 32.4 Å². The van der Waals surface area contributed by atoms with E-state index in [4.69, 9.17) is 4.74 Å². The third-order valence-electron chi connectivity index (χ3n) is 3.56. The molecule has 1 N–H and O–H groups in total. The summed E-state index contributed by atoms with van der Waals surface area (Å²) in [5.41, 5.74) is 2.44. The topological polar surface area (TPSA) is 64.9 Å². The molecule has 0 saturated carbocycles. The van der Waals surface area contributed by atoms with Gasteiger partial charge in [0.15, 0.2) is 11.2 Å². The van der Waals surface area contributed by atoms with Crippen LogP contribution in [0.2, 0.25) is 0 Å². The van der Waals surface area contributed by atoms with Crippen molar-refractivity contribution in [3.63, 3.8) is 0 Å². The van der Waals surface area contributed by atoms with E-state index in [0.717, 1.165) is 30.7 Å². The van der Waals surface area contributed by atoms with Crippen molar-refractivity contribution in [3.05, 3.63) is 36.7 Å². The number of aryl methyl sites for hydroxylation is 1. The summed E-state index contributed by atoms with van der Waals surface area (Å²) in [7, 11) is 0. The molecular formula is C18H23N5O. The van der Waals surface area contributed by atoms with Gasteiger partial charge in [0.25, 0.3) is 0 Å². The van der Waals surface area contributed by atoms with Crippen LogP contribution >= 0.6 is 0 Å². The molecule has 0 aliphatic heterocycles. The van der Waals surface area contributed by atoms with E-state index in [0.29, 0.717) is 17.3 Å². The Balaban J connectivity index is 2.01. The average molecular weight is 325 g/mol. The van der Waals surface area contributed by atoms with Crippen LogP contribution in [-0.2, 0) is 6.54 Å². The minimum atomic E-state index is 0.0217. The van der Waals surface area contributed by atoms with Gasteiger partial charge < -0.3 is 14.6 Å². The number of imidazole rings is 1. The van der Waals surface area contributed by atoms with Gasteiger partial charge in [0.05, 0.1) is 12.4 Å². The van der Waals surface area contributed by atoms with Crippen molar-refractivity contribution in [2.75, 3.05) is 5.32 Å². The highest BCUT2D eigenvalue weighted by Crippen LogP contribution is 2.25. The molecule has 3 rings (SSSR count). The Morgan fingerprint density at radius 2 is 1.96 bits per heavy atom. The van der Waals surface area contributed by atoms with Crippen LogP contribution in [0.5, 0.6) is 5.88 Å². The number of nitrogens with zero attached hydrogens (tertiary/aromatic N) is 4. The lowest BCUT2D eigenvalue weighted by Crippen LogP contribution is -2.10. The molecule has 0 unspecified atom stereocenters. The molecular weight excluding hydrogens is 302 g/mol. The number of unbranched alkanes of at least 4 members (excludes halogenated alkanes) is 1. The van der Waals surface area contributed by atoms with Gasteiger partial charge in [-0.1, -0.05) is 31.5 Å². The number of hydrogen-bond donors (Lipinski definition) is 1. The summed E-state index contributed by atoms with van der Waals surface area (Å²) in [4.78, 5) is 13.6. The van der Waals surface area contributed by atoms with Gasteiger partial charge in [-0.25, -0.2) is 4.98 Å². The summed E-state index contributed by atoms with van der Waals surface area (Å²) in [6.45, 7) is 7.01. The Hall–Kier alpha value is -2.63. The monoisotopic (exact) mass is 325 g/mol. The number of hydrogen-bond acceptors (Lipinski definition) is 5. The quantitative estimate of drug-likeness (QED) is 0.706. The molecule has 2 aromatic heterocycles. The minimum Gasteiger partial charge on any atom is -0.473 e. The molecule has 0 saturated heterocycles. The first-order valence-corrected chi connectivity index (χ1v) is 8.39. The highest BCUT2D eigenvalue weighted by molar-refractivity contribution is 5.78. The van der Waals surface area contributed by atoms with Crippen LogP contribution < -0.4 is 10.1 Å². The van der Waals surface area contributed by atoms with Crippen LogP contribution in [0.1, 0.15) is 33.6 Å². The first-order valence-electron chi connectivity index (χ1n) is 8.39. The fourth-order valence-corrected chi connectivity index (χ4v) is 2.42. The van der Waals surface area contributed by atoms with Gasteiger partial charge in [-0.3, -0.25) is 0 Å². The molecule has 2 heterocycles. The maximum Gasteiger partial charge on any atom is 0.247 e. The molecule has 0 aliphatic rings. The zero-order chi connectivity index (χ0) is 16.9. The van der Waals surface area contributed by atoms with E-state index in [1.807, 2.05) is 50.5 Å². The number of aromatic nitrogens is 4. The predicted molar refractivity (Wildman–Crippen MR) is 95.7 cm³/mol. The zero-order valence-electron chi connectivity index (χ0n) is 14.4. The summed E-state index contributed by atoms with van der Waals surface area (Å²) in [5.74, 6) is 1.03. The molecule has 24 heavy (non-hydrogen) atoms. The summed E-state index contributed by atoms with van der Waals surface area (Å²) in [5, 5.41) is 3.24. The van der Waals surface area contributed by atoms with Gasteiger partial charge in [0.1, 0.15) is 0 Å². The Morgan fingerprint density at radius 3 is 2.67 bits per heavy atom. The van der Waals surface area contributed by atoms with Crippen LogP contribution in [0, 0.1) is 0 Å². The number of ether oxygens (including phenoxy) is 1. The second-order valence-corrected chi connectivity index (χ2v) is 5.97. The van der Waals surface area contributed by atoms with Crippen molar-refractivity contribution in [2.45, 2.75) is 46.3 Å². The number of anilines is 2. The third kappa shape index (κ3) is 3.64. The SMILES string of the molecule is CCCCn1cnc2c(OC(C)C)nc(Nc3ccccc3)nc21. The Labute approximate surface area is 141 Å². The smallest absolute Gasteiger partial charge is 0.247 e. The van der Waals surface area contributed by atoms with Crippen LogP contribution in [-0.4, -0.2) is 25.6 Å². The molecule has 0 atom stereocenters. The molecule has 1 aromatic carbocycles. The molecule has 3 aromatic rings. The largest absolute Gasteiger partial charge is 0.473 e. The van der Waals surface area contributed by atoms with Crippen LogP contribution in [0.25, 0.3) is 11.2 Å². The van der Waals surface area contributed by atoms with Gasteiger partial charge in [-0.15, -0.1) is 0 Å². The summed E-state index contributed by atoms with van der Waals surface area (Å²) in [6, 6.07) is 9.87.